The highest BCUT2D eigenvalue weighted by molar-refractivity contribution is 9.10. The summed E-state index contributed by atoms with van der Waals surface area (Å²) >= 11 is 3.47. The maximum Gasteiger partial charge on any atom is 0.144 e. The number of aromatic nitrogens is 2. The highest BCUT2D eigenvalue weighted by Gasteiger charge is 2.04. The van der Waals surface area contributed by atoms with Gasteiger partial charge in [0.1, 0.15) is 24.5 Å². The van der Waals surface area contributed by atoms with Crippen molar-refractivity contribution in [2.75, 3.05) is 18.5 Å². The van der Waals surface area contributed by atoms with Crippen LogP contribution in [0.5, 0.6) is 5.75 Å². The van der Waals surface area contributed by atoms with Gasteiger partial charge in [-0.05, 0) is 48.3 Å². The van der Waals surface area contributed by atoms with Gasteiger partial charge >= 0.3 is 0 Å². The highest BCUT2D eigenvalue weighted by atomic mass is 79.9. The Morgan fingerprint density at radius 3 is 2.75 bits per heavy atom. The van der Waals surface area contributed by atoms with E-state index in [2.05, 4.69) is 57.2 Å². The number of benzene rings is 1. The van der Waals surface area contributed by atoms with E-state index in [1.54, 1.807) is 6.33 Å². The molecule has 0 fully saturated rings. The first-order chi connectivity index (χ1) is 9.58. The largest absolute Gasteiger partial charge is 0.491 e. The summed E-state index contributed by atoms with van der Waals surface area (Å²) in [4.78, 5) is 8.29. The molecule has 0 saturated heterocycles. The van der Waals surface area contributed by atoms with Crippen molar-refractivity contribution in [2.24, 2.45) is 0 Å². The summed E-state index contributed by atoms with van der Waals surface area (Å²) in [6.45, 7) is 7.33. The average Bonchev–Trinajstić information content (AvgIpc) is 2.41. The van der Waals surface area contributed by atoms with Crippen LogP contribution in [0.1, 0.15) is 16.8 Å². The summed E-state index contributed by atoms with van der Waals surface area (Å²) in [5.74, 6) is 1.72. The van der Waals surface area contributed by atoms with Crippen LogP contribution in [-0.4, -0.2) is 23.1 Å². The van der Waals surface area contributed by atoms with E-state index in [4.69, 9.17) is 4.74 Å². The molecule has 1 heterocycles. The molecule has 2 rings (SSSR count). The second kappa shape index (κ2) is 6.70. The van der Waals surface area contributed by atoms with Crippen molar-refractivity contribution in [2.45, 2.75) is 20.8 Å². The minimum atomic E-state index is 0.583. The lowest BCUT2D eigenvalue weighted by atomic mass is 10.1. The lowest BCUT2D eigenvalue weighted by molar-refractivity contribution is 0.330. The molecule has 20 heavy (non-hydrogen) atoms. The third-order valence-corrected chi connectivity index (χ3v) is 3.90. The Morgan fingerprint density at radius 2 is 2.00 bits per heavy atom. The first-order valence-corrected chi connectivity index (χ1v) is 7.28. The van der Waals surface area contributed by atoms with Gasteiger partial charge in [-0.15, -0.1) is 0 Å². The zero-order valence-electron chi connectivity index (χ0n) is 11.9. The van der Waals surface area contributed by atoms with E-state index in [9.17, 15) is 0 Å². The van der Waals surface area contributed by atoms with Crippen LogP contribution in [0, 0.1) is 20.8 Å². The number of nitrogens with one attached hydrogen (secondary N) is 1. The zero-order valence-corrected chi connectivity index (χ0v) is 13.5. The van der Waals surface area contributed by atoms with Gasteiger partial charge in [0.15, 0.2) is 0 Å². The van der Waals surface area contributed by atoms with Gasteiger partial charge in [0.2, 0.25) is 0 Å². The number of rotatable bonds is 5. The third kappa shape index (κ3) is 3.70. The SMILES string of the molecule is Cc1ccc(OCCNc2ncnc(C)c2Br)c(C)c1. The van der Waals surface area contributed by atoms with Gasteiger partial charge in [-0.1, -0.05) is 17.7 Å². The molecular formula is C15H18BrN3O. The van der Waals surface area contributed by atoms with Crippen LogP contribution in [0.15, 0.2) is 29.0 Å². The summed E-state index contributed by atoms with van der Waals surface area (Å²) < 4.78 is 6.66. The molecule has 0 aliphatic rings. The van der Waals surface area contributed by atoms with Crippen molar-refractivity contribution in [3.8, 4) is 5.75 Å². The van der Waals surface area contributed by atoms with Crippen molar-refractivity contribution in [3.05, 3.63) is 45.8 Å². The number of hydrogen-bond acceptors (Lipinski definition) is 4. The lowest BCUT2D eigenvalue weighted by Crippen LogP contribution is -2.13. The molecule has 2 aromatic rings. The van der Waals surface area contributed by atoms with Gasteiger partial charge in [-0.25, -0.2) is 9.97 Å². The van der Waals surface area contributed by atoms with Crippen molar-refractivity contribution in [1.29, 1.82) is 0 Å². The lowest BCUT2D eigenvalue weighted by Gasteiger charge is -2.11. The van der Waals surface area contributed by atoms with E-state index >= 15 is 0 Å². The van der Waals surface area contributed by atoms with Crippen molar-refractivity contribution in [3.63, 3.8) is 0 Å². The molecule has 1 aromatic heterocycles. The Balaban J connectivity index is 1.86. The summed E-state index contributed by atoms with van der Waals surface area (Å²) in [6.07, 6.45) is 1.55. The van der Waals surface area contributed by atoms with Crippen LogP contribution in [0.25, 0.3) is 0 Å². The summed E-state index contributed by atoms with van der Waals surface area (Å²) in [6, 6.07) is 6.18. The molecule has 0 saturated carbocycles. The molecule has 1 aromatic carbocycles. The molecule has 0 bridgehead atoms. The second-order valence-electron chi connectivity index (χ2n) is 4.67. The van der Waals surface area contributed by atoms with Gasteiger partial charge in [-0.2, -0.15) is 0 Å². The summed E-state index contributed by atoms with van der Waals surface area (Å²) in [7, 11) is 0. The number of halogens is 1. The van der Waals surface area contributed by atoms with Crippen LogP contribution in [0.4, 0.5) is 5.82 Å². The molecule has 0 aliphatic heterocycles. The molecule has 0 amide bonds. The minimum absolute atomic E-state index is 0.583. The fourth-order valence-corrected chi connectivity index (χ4v) is 2.22. The van der Waals surface area contributed by atoms with Crippen LogP contribution < -0.4 is 10.1 Å². The molecule has 0 atom stereocenters. The van der Waals surface area contributed by atoms with Gasteiger partial charge in [-0.3, -0.25) is 0 Å². The number of aryl methyl sites for hydroxylation is 3. The highest BCUT2D eigenvalue weighted by Crippen LogP contribution is 2.21. The molecule has 0 spiro atoms. The Hall–Kier alpha value is -1.62. The van der Waals surface area contributed by atoms with E-state index < -0.39 is 0 Å². The molecule has 106 valence electrons. The smallest absolute Gasteiger partial charge is 0.144 e. The molecule has 0 aliphatic carbocycles. The first-order valence-electron chi connectivity index (χ1n) is 6.49. The van der Waals surface area contributed by atoms with E-state index in [1.165, 1.54) is 5.56 Å². The van der Waals surface area contributed by atoms with E-state index in [1.807, 2.05) is 13.0 Å². The third-order valence-electron chi connectivity index (χ3n) is 2.95. The van der Waals surface area contributed by atoms with Crippen molar-refractivity contribution < 1.29 is 4.74 Å². The summed E-state index contributed by atoms with van der Waals surface area (Å²) in [5.41, 5.74) is 3.32. The molecule has 0 radical (unpaired) electrons. The van der Waals surface area contributed by atoms with E-state index in [0.717, 1.165) is 27.3 Å². The van der Waals surface area contributed by atoms with Gasteiger partial charge in [0.05, 0.1) is 16.7 Å². The van der Waals surface area contributed by atoms with Gasteiger partial charge in [0.25, 0.3) is 0 Å². The minimum Gasteiger partial charge on any atom is -0.491 e. The number of anilines is 1. The van der Waals surface area contributed by atoms with E-state index in [-0.39, 0.29) is 0 Å². The Labute approximate surface area is 127 Å². The Bertz CT molecular complexity index is 602. The van der Waals surface area contributed by atoms with Crippen LogP contribution in [0.3, 0.4) is 0 Å². The molecular weight excluding hydrogens is 318 g/mol. The maximum atomic E-state index is 5.76. The van der Waals surface area contributed by atoms with Gasteiger partial charge < -0.3 is 10.1 Å². The molecule has 0 unspecified atom stereocenters. The maximum absolute atomic E-state index is 5.76. The topological polar surface area (TPSA) is 47.0 Å². The summed E-state index contributed by atoms with van der Waals surface area (Å²) in [5, 5.41) is 3.23. The number of ether oxygens (including phenoxy) is 1. The van der Waals surface area contributed by atoms with Crippen LogP contribution in [-0.2, 0) is 0 Å². The van der Waals surface area contributed by atoms with E-state index in [0.29, 0.717) is 13.2 Å². The van der Waals surface area contributed by atoms with Crippen LogP contribution >= 0.6 is 15.9 Å². The first kappa shape index (κ1) is 14.8. The van der Waals surface area contributed by atoms with Gasteiger partial charge in [0, 0.05) is 0 Å². The Kier molecular flexibility index (Phi) is 4.95. The van der Waals surface area contributed by atoms with Crippen LogP contribution in [0.2, 0.25) is 0 Å². The fraction of sp³-hybridized carbons (Fsp3) is 0.333. The van der Waals surface area contributed by atoms with Crippen molar-refractivity contribution >= 4 is 21.7 Å². The number of hydrogen-bond donors (Lipinski definition) is 1. The predicted molar refractivity (Wildman–Crippen MR) is 84.4 cm³/mol. The molecule has 4 nitrogen and oxygen atoms in total. The Morgan fingerprint density at radius 1 is 1.20 bits per heavy atom. The normalized spacial score (nSPS) is 10.4. The fourth-order valence-electron chi connectivity index (χ4n) is 1.87. The molecule has 5 heteroatoms. The standard InChI is InChI=1S/C15H18BrN3O/c1-10-4-5-13(11(2)8-10)20-7-6-17-15-14(16)12(3)18-9-19-15/h4-5,8-9H,6-7H2,1-3H3,(H,17,18,19). The zero-order chi connectivity index (χ0) is 14.5. The predicted octanol–water partition coefficient (Wildman–Crippen LogP) is 3.66. The second-order valence-corrected chi connectivity index (χ2v) is 5.46. The average molecular weight is 336 g/mol. The quantitative estimate of drug-likeness (QED) is 0.847. The monoisotopic (exact) mass is 335 g/mol. The van der Waals surface area contributed by atoms with Crippen molar-refractivity contribution in [1.82, 2.24) is 9.97 Å². The molecule has 1 N–H and O–H groups in total. The number of nitrogens with zero attached hydrogens (tertiary/aromatic N) is 2.